The van der Waals surface area contributed by atoms with E-state index in [1.807, 2.05) is 0 Å². The highest BCUT2D eigenvalue weighted by molar-refractivity contribution is 5.70. The average Bonchev–Trinajstić information content (AvgIpc) is 2.16. The van der Waals surface area contributed by atoms with Gasteiger partial charge in [-0.1, -0.05) is 34.1 Å². The molecule has 0 aliphatic carbocycles. The summed E-state index contributed by atoms with van der Waals surface area (Å²) in [5.74, 6) is 0.488. The molecular formula is C14H26O2. The third-order valence-corrected chi connectivity index (χ3v) is 3.59. The molecule has 2 nitrogen and oxygen atoms in total. The van der Waals surface area contributed by atoms with Crippen LogP contribution < -0.4 is 0 Å². The van der Waals surface area contributed by atoms with Gasteiger partial charge in [0.1, 0.15) is 6.10 Å². The maximum Gasteiger partial charge on any atom is 0.306 e. The number of cyclic esters (lactones) is 1. The Morgan fingerprint density at radius 1 is 1.50 bits per heavy atom. The lowest BCUT2D eigenvalue weighted by molar-refractivity contribution is -0.157. The summed E-state index contributed by atoms with van der Waals surface area (Å²) < 4.78 is 5.43. The van der Waals surface area contributed by atoms with Gasteiger partial charge in [0.25, 0.3) is 0 Å². The fourth-order valence-electron chi connectivity index (χ4n) is 2.92. The van der Waals surface area contributed by atoms with Gasteiger partial charge < -0.3 is 4.74 Å². The normalized spacial score (nSPS) is 24.0. The molecule has 1 aliphatic rings. The van der Waals surface area contributed by atoms with Crippen molar-refractivity contribution in [2.75, 3.05) is 0 Å². The highest BCUT2D eigenvalue weighted by Gasteiger charge is 2.29. The quantitative estimate of drug-likeness (QED) is 0.664. The van der Waals surface area contributed by atoms with Crippen LogP contribution >= 0.6 is 0 Å². The predicted octanol–water partition coefficient (Wildman–Crippen LogP) is 3.93. The standard InChI is InChI=1S/C14H26O2/c1-5-9-14(3,4)10-11(2)12-7-6-8-13(15)16-12/h11-12H,5-10H2,1-4H3/t11?,12-/m0/s1. The van der Waals surface area contributed by atoms with E-state index in [-0.39, 0.29) is 12.1 Å². The molecule has 16 heavy (non-hydrogen) atoms. The zero-order valence-corrected chi connectivity index (χ0v) is 11.2. The Morgan fingerprint density at radius 2 is 2.19 bits per heavy atom. The fourth-order valence-corrected chi connectivity index (χ4v) is 2.92. The van der Waals surface area contributed by atoms with Crippen LogP contribution in [-0.4, -0.2) is 12.1 Å². The summed E-state index contributed by atoms with van der Waals surface area (Å²) in [6.45, 7) is 9.09. The van der Waals surface area contributed by atoms with Gasteiger partial charge in [0.15, 0.2) is 0 Å². The number of hydrogen-bond donors (Lipinski definition) is 0. The van der Waals surface area contributed by atoms with E-state index in [0.717, 1.165) is 19.3 Å². The minimum atomic E-state index is -0.00334. The lowest BCUT2D eigenvalue weighted by atomic mass is 9.77. The topological polar surface area (TPSA) is 26.3 Å². The molecule has 94 valence electrons. The molecule has 1 heterocycles. The molecule has 0 radical (unpaired) electrons. The van der Waals surface area contributed by atoms with Crippen molar-refractivity contribution in [1.82, 2.24) is 0 Å². The van der Waals surface area contributed by atoms with Gasteiger partial charge in [-0.3, -0.25) is 4.79 Å². The molecule has 2 atom stereocenters. The van der Waals surface area contributed by atoms with E-state index in [1.165, 1.54) is 12.8 Å². The van der Waals surface area contributed by atoms with E-state index in [1.54, 1.807) is 0 Å². The van der Waals surface area contributed by atoms with Crippen LogP contribution in [0.3, 0.4) is 0 Å². The SMILES string of the molecule is CCCC(C)(C)CC(C)[C@@H]1CCCC(=O)O1. The van der Waals surface area contributed by atoms with Gasteiger partial charge in [0, 0.05) is 6.42 Å². The fraction of sp³-hybridized carbons (Fsp3) is 0.929. The summed E-state index contributed by atoms with van der Waals surface area (Å²) in [6, 6.07) is 0. The van der Waals surface area contributed by atoms with Crippen molar-refractivity contribution >= 4 is 5.97 Å². The van der Waals surface area contributed by atoms with Gasteiger partial charge in [-0.25, -0.2) is 0 Å². The second kappa shape index (κ2) is 5.70. The smallest absolute Gasteiger partial charge is 0.306 e. The van der Waals surface area contributed by atoms with E-state index in [0.29, 0.717) is 17.8 Å². The number of carbonyl (C=O) groups is 1. The zero-order valence-electron chi connectivity index (χ0n) is 11.2. The number of hydrogen-bond acceptors (Lipinski definition) is 2. The van der Waals surface area contributed by atoms with Gasteiger partial charge in [-0.05, 0) is 37.0 Å². The van der Waals surface area contributed by atoms with E-state index in [2.05, 4.69) is 27.7 Å². The second-order valence-corrected chi connectivity index (χ2v) is 6.02. The zero-order chi connectivity index (χ0) is 12.2. The maximum atomic E-state index is 11.2. The van der Waals surface area contributed by atoms with Crippen molar-refractivity contribution in [1.29, 1.82) is 0 Å². The molecule has 1 unspecified atom stereocenters. The molecule has 0 aromatic carbocycles. The Labute approximate surface area is 99.8 Å². The highest BCUT2D eigenvalue weighted by Crippen LogP contribution is 2.34. The molecule has 0 bridgehead atoms. The molecule has 0 aromatic heterocycles. The molecule has 1 saturated heterocycles. The first-order valence-electron chi connectivity index (χ1n) is 6.64. The Bertz CT molecular complexity index is 233. The van der Waals surface area contributed by atoms with Gasteiger partial charge in [-0.2, -0.15) is 0 Å². The van der Waals surface area contributed by atoms with Crippen LogP contribution in [0.15, 0.2) is 0 Å². The Morgan fingerprint density at radius 3 is 2.75 bits per heavy atom. The Balaban J connectivity index is 2.44. The van der Waals surface area contributed by atoms with Gasteiger partial charge in [0.05, 0.1) is 0 Å². The van der Waals surface area contributed by atoms with Crippen LogP contribution in [0.1, 0.15) is 66.2 Å². The monoisotopic (exact) mass is 226 g/mol. The maximum absolute atomic E-state index is 11.2. The minimum Gasteiger partial charge on any atom is -0.462 e. The van der Waals surface area contributed by atoms with Crippen molar-refractivity contribution in [2.24, 2.45) is 11.3 Å². The summed E-state index contributed by atoms with van der Waals surface area (Å²) in [7, 11) is 0. The van der Waals surface area contributed by atoms with Crippen molar-refractivity contribution in [2.45, 2.75) is 72.3 Å². The first-order valence-corrected chi connectivity index (χ1v) is 6.64. The predicted molar refractivity (Wildman–Crippen MR) is 66.2 cm³/mol. The summed E-state index contributed by atoms with van der Waals surface area (Å²) in [4.78, 5) is 11.2. The van der Waals surface area contributed by atoms with E-state index in [4.69, 9.17) is 4.74 Å². The summed E-state index contributed by atoms with van der Waals surface area (Å²) in [5, 5.41) is 0. The van der Waals surface area contributed by atoms with Crippen molar-refractivity contribution < 1.29 is 9.53 Å². The minimum absolute atomic E-state index is 0.00334. The molecule has 0 aromatic rings. The average molecular weight is 226 g/mol. The highest BCUT2D eigenvalue weighted by atomic mass is 16.5. The van der Waals surface area contributed by atoms with Crippen LogP contribution in [-0.2, 0) is 9.53 Å². The molecule has 0 saturated carbocycles. The first kappa shape index (κ1) is 13.5. The second-order valence-electron chi connectivity index (χ2n) is 6.02. The van der Waals surface area contributed by atoms with Crippen LogP contribution in [0.2, 0.25) is 0 Å². The van der Waals surface area contributed by atoms with Gasteiger partial charge >= 0.3 is 5.97 Å². The first-order chi connectivity index (χ1) is 7.44. The summed E-state index contributed by atoms with van der Waals surface area (Å²) >= 11 is 0. The van der Waals surface area contributed by atoms with E-state index >= 15 is 0 Å². The Hall–Kier alpha value is -0.530. The molecule has 2 heteroatoms. The van der Waals surface area contributed by atoms with Crippen LogP contribution in [0, 0.1) is 11.3 Å². The Kier molecular flexibility index (Phi) is 4.82. The number of esters is 1. The lowest BCUT2D eigenvalue weighted by Gasteiger charge is -2.33. The van der Waals surface area contributed by atoms with Crippen molar-refractivity contribution in [3.63, 3.8) is 0 Å². The molecule has 1 fully saturated rings. The largest absolute Gasteiger partial charge is 0.462 e. The molecule has 0 amide bonds. The van der Waals surface area contributed by atoms with Crippen LogP contribution in [0.5, 0.6) is 0 Å². The number of carbonyl (C=O) groups excluding carboxylic acids is 1. The molecule has 1 rings (SSSR count). The molecule has 0 spiro atoms. The van der Waals surface area contributed by atoms with Crippen molar-refractivity contribution in [3.8, 4) is 0 Å². The van der Waals surface area contributed by atoms with Gasteiger partial charge in [0.2, 0.25) is 0 Å². The van der Waals surface area contributed by atoms with E-state index in [9.17, 15) is 4.79 Å². The molecule has 0 N–H and O–H groups in total. The van der Waals surface area contributed by atoms with Gasteiger partial charge in [-0.15, -0.1) is 0 Å². The summed E-state index contributed by atoms with van der Waals surface area (Å²) in [5.41, 5.74) is 0.373. The summed E-state index contributed by atoms with van der Waals surface area (Å²) in [6.07, 6.45) is 6.46. The third-order valence-electron chi connectivity index (χ3n) is 3.59. The third kappa shape index (κ3) is 4.15. The lowest BCUT2D eigenvalue weighted by Crippen LogP contribution is -2.32. The molecule has 1 aliphatic heterocycles. The van der Waals surface area contributed by atoms with Crippen LogP contribution in [0.4, 0.5) is 0 Å². The number of ether oxygens (including phenoxy) is 1. The van der Waals surface area contributed by atoms with Crippen molar-refractivity contribution in [3.05, 3.63) is 0 Å². The van der Waals surface area contributed by atoms with E-state index < -0.39 is 0 Å². The number of rotatable bonds is 5. The molecular weight excluding hydrogens is 200 g/mol. The van der Waals surface area contributed by atoms with Crippen LogP contribution in [0.25, 0.3) is 0 Å².